The van der Waals surface area contributed by atoms with E-state index in [1.165, 1.54) is 32.2 Å². The highest BCUT2D eigenvalue weighted by Crippen LogP contribution is 2.48. The topological polar surface area (TPSA) is 149 Å². The van der Waals surface area contributed by atoms with E-state index >= 15 is 0 Å². The molecule has 3 rings (SSSR count). The van der Waals surface area contributed by atoms with Crippen molar-refractivity contribution in [2.24, 2.45) is 7.05 Å². The van der Waals surface area contributed by atoms with Gasteiger partial charge in [-0.05, 0) is 73.0 Å². The molecule has 180 valence electrons. The number of benzene rings is 1. The fraction of sp³-hybridized carbons (Fsp3) is 0.400. The van der Waals surface area contributed by atoms with E-state index in [0.717, 1.165) is 10.6 Å². The van der Waals surface area contributed by atoms with Gasteiger partial charge in [0.15, 0.2) is 0 Å². The standard InChI is InChI=1S/C20H23FIN3O7S/c1-11-7-15(23-33(31,32)20(5-6-20)9-13(27)10-26)17(24(2)18(11)28)25(19(29)30)16-4-3-12(22)8-14(16)21/h3-4,7-8,13,23,26-27H,5-6,9-10H2,1-2H3,(H,29,30). The number of nitrogens with one attached hydrogen (secondary N) is 1. The van der Waals surface area contributed by atoms with Gasteiger partial charge in [0, 0.05) is 16.2 Å². The van der Waals surface area contributed by atoms with Crippen LogP contribution in [0.4, 0.5) is 26.4 Å². The number of aromatic nitrogens is 1. The number of carboxylic acid groups (broad SMARTS) is 1. The summed E-state index contributed by atoms with van der Waals surface area (Å²) in [6.07, 6.45) is -2.64. The highest BCUT2D eigenvalue weighted by Gasteiger charge is 2.55. The summed E-state index contributed by atoms with van der Waals surface area (Å²) in [4.78, 5) is 25.3. The zero-order chi connectivity index (χ0) is 24.7. The minimum absolute atomic E-state index is 0.132. The number of sulfonamides is 1. The fourth-order valence-corrected chi connectivity index (χ4v) is 5.83. The second kappa shape index (κ2) is 9.19. The quantitative estimate of drug-likeness (QED) is 0.342. The lowest BCUT2D eigenvalue weighted by Crippen LogP contribution is -2.37. The van der Waals surface area contributed by atoms with E-state index in [0.29, 0.717) is 8.47 Å². The van der Waals surface area contributed by atoms with Crippen LogP contribution < -0.4 is 15.2 Å². The summed E-state index contributed by atoms with van der Waals surface area (Å²) >= 11 is 1.86. The highest BCUT2D eigenvalue weighted by molar-refractivity contribution is 14.1. The van der Waals surface area contributed by atoms with Gasteiger partial charge in [0.25, 0.3) is 5.56 Å². The van der Waals surface area contributed by atoms with Crippen LogP contribution in [-0.4, -0.2) is 51.9 Å². The molecule has 0 aliphatic heterocycles. The molecule has 13 heteroatoms. The van der Waals surface area contributed by atoms with E-state index in [9.17, 15) is 32.6 Å². The molecule has 1 aliphatic carbocycles. The first-order valence-electron chi connectivity index (χ1n) is 9.83. The van der Waals surface area contributed by atoms with Gasteiger partial charge in [-0.2, -0.15) is 0 Å². The van der Waals surface area contributed by atoms with Crippen LogP contribution >= 0.6 is 22.6 Å². The maximum atomic E-state index is 14.7. The van der Waals surface area contributed by atoms with E-state index in [1.54, 1.807) is 0 Å². The molecule has 0 radical (unpaired) electrons. The third kappa shape index (κ3) is 4.85. The Balaban J connectivity index is 2.18. The monoisotopic (exact) mass is 595 g/mol. The van der Waals surface area contributed by atoms with Gasteiger partial charge in [-0.3, -0.25) is 14.1 Å². The Labute approximate surface area is 202 Å². The number of amides is 1. The summed E-state index contributed by atoms with van der Waals surface area (Å²) in [5.74, 6) is -1.27. The van der Waals surface area contributed by atoms with Crippen molar-refractivity contribution in [2.45, 2.75) is 37.0 Å². The van der Waals surface area contributed by atoms with Crippen LogP contribution in [-0.2, 0) is 17.1 Å². The molecule has 1 fully saturated rings. The van der Waals surface area contributed by atoms with Crippen molar-refractivity contribution in [3.05, 3.63) is 49.6 Å². The fourth-order valence-electron chi connectivity index (χ4n) is 3.67. The van der Waals surface area contributed by atoms with Crippen molar-refractivity contribution in [1.29, 1.82) is 0 Å². The molecule has 10 nitrogen and oxygen atoms in total. The van der Waals surface area contributed by atoms with Crippen LogP contribution in [0, 0.1) is 16.3 Å². The summed E-state index contributed by atoms with van der Waals surface area (Å²) in [5.41, 5.74) is -1.09. The SMILES string of the molecule is Cc1cc(NS(=O)(=O)C2(CC(O)CO)CC2)c(N(C(=O)O)c2ccc(I)cc2F)n(C)c1=O. The number of hydrogen-bond acceptors (Lipinski definition) is 6. The van der Waals surface area contributed by atoms with Gasteiger partial charge < -0.3 is 15.3 Å². The van der Waals surface area contributed by atoms with Crippen LogP contribution in [0.3, 0.4) is 0 Å². The zero-order valence-corrected chi connectivity index (χ0v) is 20.7. The molecule has 2 aromatic rings. The molecule has 1 unspecified atom stereocenters. The molecule has 0 saturated heterocycles. The first-order valence-corrected chi connectivity index (χ1v) is 12.4. The predicted molar refractivity (Wildman–Crippen MR) is 128 cm³/mol. The second-order valence-corrected chi connectivity index (χ2v) is 11.3. The number of anilines is 3. The zero-order valence-electron chi connectivity index (χ0n) is 17.7. The Kier molecular flexibility index (Phi) is 7.07. The van der Waals surface area contributed by atoms with Crippen molar-refractivity contribution in [2.75, 3.05) is 16.2 Å². The minimum Gasteiger partial charge on any atom is -0.464 e. The van der Waals surface area contributed by atoms with Gasteiger partial charge in [-0.15, -0.1) is 0 Å². The number of hydrogen-bond donors (Lipinski definition) is 4. The largest absolute Gasteiger partial charge is 0.464 e. The highest BCUT2D eigenvalue weighted by atomic mass is 127. The van der Waals surface area contributed by atoms with Crippen LogP contribution in [0.25, 0.3) is 0 Å². The van der Waals surface area contributed by atoms with E-state index < -0.39 is 45.0 Å². The van der Waals surface area contributed by atoms with E-state index in [1.807, 2.05) is 22.6 Å². The average molecular weight is 595 g/mol. The third-order valence-electron chi connectivity index (χ3n) is 5.56. The smallest absolute Gasteiger partial charge is 0.417 e. The molecule has 1 saturated carbocycles. The van der Waals surface area contributed by atoms with Crippen LogP contribution in [0.2, 0.25) is 0 Å². The number of aliphatic hydroxyl groups is 2. The van der Waals surface area contributed by atoms with Gasteiger partial charge in [0.2, 0.25) is 10.0 Å². The number of rotatable bonds is 8. The molecule has 4 N–H and O–H groups in total. The summed E-state index contributed by atoms with van der Waals surface area (Å²) in [6, 6.07) is 4.99. The van der Waals surface area contributed by atoms with Crippen LogP contribution in [0.15, 0.2) is 29.1 Å². The van der Waals surface area contributed by atoms with Gasteiger partial charge in [-0.25, -0.2) is 22.5 Å². The maximum Gasteiger partial charge on any atom is 0.417 e. The van der Waals surface area contributed by atoms with E-state index in [-0.39, 0.29) is 42.0 Å². The molecule has 1 aliphatic rings. The number of halogens is 2. The van der Waals surface area contributed by atoms with Crippen molar-refractivity contribution < 1.29 is 32.9 Å². The van der Waals surface area contributed by atoms with Crippen molar-refractivity contribution in [1.82, 2.24) is 4.57 Å². The number of pyridine rings is 1. The minimum atomic E-state index is -4.19. The lowest BCUT2D eigenvalue weighted by Gasteiger charge is -2.27. The normalized spacial score (nSPS) is 15.7. The Bertz CT molecular complexity index is 1260. The molecule has 1 amide bonds. The molecule has 1 aromatic heterocycles. The van der Waals surface area contributed by atoms with Gasteiger partial charge in [0.05, 0.1) is 28.8 Å². The Morgan fingerprint density at radius 2 is 2.00 bits per heavy atom. The predicted octanol–water partition coefficient (Wildman–Crippen LogP) is 2.27. The number of aryl methyl sites for hydroxylation is 1. The Hall–Kier alpha value is -2.23. The average Bonchev–Trinajstić information content (AvgIpc) is 3.51. The van der Waals surface area contributed by atoms with Gasteiger partial charge >= 0.3 is 6.09 Å². The van der Waals surface area contributed by atoms with E-state index in [4.69, 9.17) is 5.11 Å². The van der Waals surface area contributed by atoms with Crippen LogP contribution in [0.1, 0.15) is 24.8 Å². The molecular formula is C20H23FIN3O7S. The lowest BCUT2D eigenvalue weighted by molar-refractivity contribution is 0.0858. The lowest BCUT2D eigenvalue weighted by atomic mass is 10.2. The summed E-state index contributed by atoms with van der Waals surface area (Å²) in [6.45, 7) is 0.823. The Morgan fingerprint density at radius 1 is 1.36 bits per heavy atom. The van der Waals surface area contributed by atoms with Crippen molar-refractivity contribution >= 4 is 55.9 Å². The first kappa shape index (κ1) is 25.4. The molecule has 1 heterocycles. The molecule has 1 atom stereocenters. The summed E-state index contributed by atoms with van der Waals surface area (Å²) < 4.78 is 43.6. The molecule has 33 heavy (non-hydrogen) atoms. The molecular weight excluding hydrogens is 572 g/mol. The molecule has 0 spiro atoms. The van der Waals surface area contributed by atoms with Crippen molar-refractivity contribution in [3.63, 3.8) is 0 Å². The third-order valence-corrected chi connectivity index (χ3v) is 8.43. The molecule has 0 bridgehead atoms. The van der Waals surface area contributed by atoms with Crippen molar-refractivity contribution in [3.8, 4) is 0 Å². The molecule has 1 aromatic carbocycles. The van der Waals surface area contributed by atoms with E-state index in [2.05, 4.69) is 4.72 Å². The summed E-state index contributed by atoms with van der Waals surface area (Å²) in [7, 11) is -2.93. The second-order valence-electron chi connectivity index (χ2n) is 7.97. The Morgan fingerprint density at radius 3 is 2.52 bits per heavy atom. The number of aliphatic hydroxyl groups excluding tert-OH is 2. The van der Waals surface area contributed by atoms with Gasteiger partial charge in [0.1, 0.15) is 11.6 Å². The number of carbonyl (C=O) groups is 1. The number of nitrogens with zero attached hydrogens (tertiary/aromatic N) is 2. The van der Waals surface area contributed by atoms with Gasteiger partial charge in [-0.1, -0.05) is 0 Å². The maximum absolute atomic E-state index is 14.7. The summed E-state index contributed by atoms with van der Waals surface area (Å²) in [5, 5.41) is 28.8. The first-order chi connectivity index (χ1) is 15.3. The van der Waals surface area contributed by atoms with Crippen LogP contribution in [0.5, 0.6) is 0 Å².